The van der Waals surface area contributed by atoms with Gasteiger partial charge in [-0.05, 0) is 64.7 Å². The minimum Gasteiger partial charge on any atom is -0.507 e. The number of fused-ring (bicyclic) bond motifs is 2. The van der Waals surface area contributed by atoms with Crippen molar-refractivity contribution in [2.75, 3.05) is 13.2 Å². The lowest BCUT2D eigenvalue weighted by Gasteiger charge is -2.36. The van der Waals surface area contributed by atoms with E-state index in [9.17, 15) is 93.3 Å². The van der Waals surface area contributed by atoms with Crippen LogP contribution in [0.4, 0.5) is 0 Å². The Bertz CT molecular complexity index is 3280. The first-order chi connectivity index (χ1) is 45.5. The molecule has 2 aromatic rings. The second-order valence-corrected chi connectivity index (χ2v) is 23.0. The largest absolute Gasteiger partial charge is 0.507 e. The summed E-state index contributed by atoms with van der Waals surface area (Å²) in [6.07, 6.45) is -4.22. The molecule has 12 amide bonds. The second kappa shape index (κ2) is 37.0. The van der Waals surface area contributed by atoms with Crippen LogP contribution in [0.5, 0.6) is 5.75 Å². The number of ether oxygens (including phenoxy) is 2. The minimum absolute atomic E-state index is 0.00386. The van der Waals surface area contributed by atoms with Gasteiger partial charge < -0.3 is 115 Å². The third kappa shape index (κ3) is 22.3. The number of carbonyl (C=O) groups excluding carboxylic acids is 12. The number of aromatic amines is 1. The summed E-state index contributed by atoms with van der Waals surface area (Å²) in [5, 5.41) is 99.6. The molecule has 1 aromatic carbocycles. The molecule has 526 valence electrons. The molecule has 4 heterocycles. The van der Waals surface area contributed by atoms with E-state index >= 15 is 0 Å². The number of aliphatic hydroxyl groups is 6. The number of imidazole rings is 1. The number of hydrogen-bond donors (Lipinski definition) is 20. The van der Waals surface area contributed by atoms with Crippen LogP contribution in [0.1, 0.15) is 97.2 Å². The first-order valence-corrected chi connectivity index (χ1v) is 30.9. The molecule has 35 heteroatoms. The fraction of sp³-hybridized carbons (Fsp3) is 0.525. The van der Waals surface area contributed by atoms with Gasteiger partial charge in [0.15, 0.2) is 12.4 Å². The third-order valence-electron chi connectivity index (χ3n) is 15.4. The van der Waals surface area contributed by atoms with Crippen molar-refractivity contribution in [3.8, 4) is 17.0 Å². The number of phenols is 1. The molecule has 96 heavy (non-hydrogen) atoms. The van der Waals surface area contributed by atoms with Gasteiger partial charge in [0.05, 0.1) is 49.8 Å². The zero-order valence-electron chi connectivity index (χ0n) is 53.4. The summed E-state index contributed by atoms with van der Waals surface area (Å²) in [6.45, 7) is 5.22. The fourth-order valence-electron chi connectivity index (χ4n) is 10.1. The number of aromatic hydroxyl groups is 1. The Morgan fingerprint density at radius 3 is 2.19 bits per heavy atom. The van der Waals surface area contributed by atoms with E-state index < -0.39 is 225 Å². The monoisotopic (exact) mass is 1350 g/mol. The number of primary amides is 2. The normalized spacial score (nSPS) is 26.5. The van der Waals surface area contributed by atoms with Gasteiger partial charge >= 0.3 is 0 Å². The Kier molecular flexibility index (Phi) is 29.7. The maximum absolute atomic E-state index is 15.0. The van der Waals surface area contributed by atoms with Crippen LogP contribution in [0.3, 0.4) is 0 Å². The number of benzene rings is 1. The van der Waals surface area contributed by atoms with E-state index in [1.807, 2.05) is 6.08 Å². The lowest BCUT2D eigenvalue weighted by molar-refractivity contribution is -0.283. The standard InChI is InChI=1S/C61H86N14O21/c1-6-9-10-11-12-13-14-15-16-41(96-61-51(85)49(83)40(79)26-95-61)50(84)60(94)70-33(8-3)52(86)73-45-28(4)67-55(89)37-23-35-47(66-27-65-35)31-21-30(17-19-38(31)77)22-36(72-59(93)46(29(5)76)74-58(45)92)56(90)69-32(7-2)53(87)75-48(39(78)24-43(63)81)57(91)64-25-44(82)68-34(54(88)71-37)18-20-42(62)80/h7-8,13-17,19,21,27-29,34,36-37,39-41,45-46,48-51,61,76-79,83-85H,6,9-12,18,20,22-26H2,1-5H3,(H2,62,80)(H2,63,81)(H,64,91)(H,65,66)(H,67,89)(H,68,82)(H,69,90)(H,70,94)(H,71,88)(H,72,93)(H,73,86)(H,74,92)(H,75,87)/b14-13+,16-15+,32-7+,33-8+/t28-,29-,34?,36?,37+,39+,40-,41-,45+,46-,48?,49+,50+,51+,61?/m1/s1. The number of carbonyl (C=O) groups is 12. The molecule has 3 aliphatic rings. The van der Waals surface area contributed by atoms with Crippen LogP contribution in [0.2, 0.25) is 0 Å². The van der Waals surface area contributed by atoms with Gasteiger partial charge in [0.25, 0.3) is 17.7 Å². The lowest BCUT2D eigenvalue weighted by Crippen LogP contribution is -2.64. The maximum Gasteiger partial charge on any atom is 0.268 e. The summed E-state index contributed by atoms with van der Waals surface area (Å²) in [4.78, 5) is 175. The average molecular weight is 1350 g/mol. The van der Waals surface area contributed by atoms with Crippen LogP contribution < -0.4 is 64.6 Å². The highest BCUT2D eigenvalue weighted by molar-refractivity contribution is 6.04. The van der Waals surface area contributed by atoms with E-state index in [0.29, 0.717) is 6.42 Å². The van der Waals surface area contributed by atoms with Gasteiger partial charge in [-0.25, -0.2) is 4.98 Å². The van der Waals surface area contributed by atoms with E-state index in [1.54, 1.807) is 6.08 Å². The quantitative estimate of drug-likeness (QED) is 0.0314. The molecule has 22 N–H and O–H groups in total. The van der Waals surface area contributed by atoms with Gasteiger partial charge in [-0.2, -0.15) is 0 Å². The molecule has 4 unspecified atom stereocenters. The molecular weight excluding hydrogens is 1260 g/mol. The number of nitrogens with two attached hydrogens (primary N) is 2. The number of amides is 12. The highest BCUT2D eigenvalue weighted by atomic mass is 16.7. The third-order valence-corrected chi connectivity index (χ3v) is 15.4. The number of nitrogens with zero attached hydrogens (tertiary/aromatic N) is 1. The number of nitrogens with one attached hydrogen (secondary N) is 11. The molecule has 1 saturated heterocycles. The van der Waals surface area contributed by atoms with Gasteiger partial charge in [-0.15, -0.1) is 0 Å². The number of unbranched alkanes of at least 4 members (excludes halogenated alkanes) is 4. The van der Waals surface area contributed by atoms with Crippen molar-refractivity contribution in [1.29, 1.82) is 0 Å². The van der Waals surface area contributed by atoms with Crippen LogP contribution >= 0.6 is 0 Å². The Morgan fingerprint density at radius 2 is 1.52 bits per heavy atom. The highest BCUT2D eigenvalue weighted by Crippen LogP contribution is 2.32. The first kappa shape index (κ1) is 77.2. The van der Waals surface area contributed by atoms with E-state index in [-0.39, 0.29) is 22.5 Å². The summed E-state index contributed by atoms with van der Waals surface area (Å²) >= 11 is 0. The highest BCUT2D eigenvalue weighted by Gasteiger charge is 2.43. The van der Waals surface area contributed by atoms with Crippen LogP contribution in [0, 0.1) is 0 Å². The van der Waals surface area contributed by atoms with E-state index in [2.05, 4.69) is 70.1 Å². The Labute approximate surface area is 550 Å². The number of hydrogen-bond acceptors (Lipinski definition) is 22. The Morgan fingerprint density at radius 1 is 0.812 bits per heavy atom. The molecule has 4 bridgehead atoms. The molecule has 15 atom stereocenters. The minimum atomic E-state index is -2.25. The van der Waals surface area contributed by atoms with Crippen LogP contribution in [0.25, 0.3) is 11.3 Å². The van der Waals surface area contributed by atoms with E-state index in [1.165, 1.54) is 44.2 Å². The predicted octanol–water partition coefficient (Wildman–Crippen LogP) is -6.39. The number of phenolic OH excluding ortho intramolecular Hbond substituents is 1. The zero-order chi connectivity index (χ0) is 71.1. The Balaban J connectivity index is 1.64. The predicted molar refractivity (Wildman–Crippen MR) is 335 cm³/mol. The number of aliphatic hydroxyl groups excluding tert-OH is 6. The number of allylic oxidation sites excluding steroid dienone is 5. The molecular formula is C61H86N14O21. The van der Waals surface area contributed by atoms with Crippen molar-refractivity contribution in [1.82, 2.24) is 63.1 Å². The van der Waals surface area contributed by atoms with Gasteiger partial charge in [-0.1, -0.05) is 68.7 Å². The molecule has 0 radical (unpaired) electrons. The van der Waals surface area contributed by atoms with Gasteiger partial charge in [0.1, 0.15) is 77.8 Å². The molecule has 35 nitrogen and oxygen atoms in total. The molecule has 3 aliphatic heterocycles. The SMILES string of the molecule is C/C=C1/NC(=O)C2Cc3ccc(O)c(c3)-c3nc[nH]c3C[C@H](NC(=O)C(CCC(N)=O)NC(=O)CNC(=O)C([C@@H](O)CC(N)=O)NC1=O)C(=O)N[C@H](C)[C@H](NC(=O)/C(=C\C)NC(=O)[C@@H](O)[C@@H](/C=C/C=C/CCCCCC)OC1OC[C@@H](O)[C@H](O)[C@@H]1O)C(=O)N[C@H]([C@@H](C)O)C(=O)N2. The van der Waals surface area contributed by atoms with Crippen LogP contribution in [-0.2, 0) is 79.8 Å². The zero-order valence-corrected chi connectivity index (χ0v) is 53.4. The maximum atomic E-state index is 15.0. The summed E-state index contributed by atoms with van der Waals surface area (Å²) in [7, 11) is 0. The van der Waals surface area contributed by atoms with Crippen molar-refractivity contribution in [3.05, 3.63) is 83.6 Å². The molecule has 0 saturated carbocycles. The molecule has 0 aliphatic carbocycles. The summed E-state index contributed by atoms with van der Waals surface area (Å²) in [5.74, 6) is -15.2. The summed E-state index contributed by atoms with van der Waals surface area (Å²) in [5.41, 5.74) is 9.40. The Hall–Kier alpha value is -9.49. The van der Waals surface area contributed by atoms with Gasteiger partial charge in [-0.3, -0.25) is 57.5 Å². The molecule has 1 fully saturated rings. The lowest BCUT2D eigenvalue weighted by atomic mass is 9.97. The van der Waals surface area contributed by atoms with Crippen molar-refractivity contribution < 1.29 is 103 Å². The van der Waals surface area contributed by atoms with Crippen molar-refractivity contribution in [2.24, 2.45) is 11.5 Å². The number of H-pyrrole nitrogens is 1. The van der Waals surface area contributed by atoms with E-state index in [4.69, 9.17) is 20.9 Å². The number of rotatable bonds is 21. The van der Waals surface area contributed by atoms with Crippen LogP contribution in [0.15, 0.2) is 72.4 Å². The fourth-order valence-corrected chi connectivity index (χ4v) is 10.1. The second-order valence-electron chi connectivity index (χ2n) is 23.0. The summed E-state index contributed by atoms with van der Waals surface area (Å²) in [6, 6.07) is -9.64. The summed E-state index contributed by atoms with van der Waals surface area (Å²) < 4.78 is 11.1. The van der Waals surface area contributed by atoms with Crippen molar-refractivity contribution >= 4 is 70.9 Å². The van der Waals surface area contributed by atoms with Crippen LogP contribution in [-0.4, -0.2) is 221 Å². The first-order valence-electron chi connectivity index (χ1n) is 30.9. The van der Waals surface area contributed by atoms with Gasteiger partial charge in [0, 0.05) is 30.5 Å². The van der Waals surface area contributed by atoms with Crippen molar-refractivity contribution in [3.63, 3.8) is 0 Å². The van der Waals surface area contributed by atoms with E-state index in [0.717, 1.165) is 58.0 Å². The molecule has 5 rings (SSSR count). The number of aromatic nitrogens is 2. The van der Waals surface area contributed by atoms with Gasteiger partial charge in [0.2, 0.25) is 53.2 Å². The molecule has 1 aromatic heterocycles. The topological polar surface area (TPSA) is 566 Å². The molecule has 0 spiro atoms. The van der Waals surface area contributed by atoms with Crippen molar-refractivity contribution in [2.45, 2.75) is 190 Å². The smallest absolute Gasteiger partial charge is 0.268 e. The average Bonchev–Trinajstić information content (AvgIpc) is 1.42.